The quantitative estimate of drug-likeness (QED) is 0.531. The molecule has 0 aromatic rings. The smallest absolute Gasteiger partial charge is 0.0431 e. The molecule has 0 radical (unpaired) electrons. The van der Waals surface area contributed by atoms with E-state index in [0.717, 1.165) is 32.1 Å². The van der Waals surface area contributed by atoms with Crippen LogP contribution in [0.15, 0.2) is 0 Å². The van der Waals surface area contributed by atoms with Crippen LogP contribution in [0.2, 0.25) is 0 Å². The highest BCUT2D eigenvalue weighted by Crippen LogP contribution is 2.03. The Labute approximate surface area is 121 Å². The minimum absolute atomic E-state index is 0.344. The first-order valence-corrected chi connectivity index (χ1v) is 8.07. The van der Waals surface area contributed by atoms with Gasteiger partial charge in [-0.05, 0) is 19.3 Å². The number of hydrogen-bond acceptors (Lipinski definition) is 3. The Bertz CT molecular complexity index is 92.2. The van der Waals surface area contributed by atoms with Gasteiger partial charge in [0, 0.05) is 19.8 Å². The van der Waals surface area contributed by atoms with Crippen LogP contribution >= 0.6 is 0 Å². The number of rotatable bonds is 10. The van der Waals surface area contributed by atoms with Gasteiger partial charge < -0.3 is 15.3 Å². The Morgan fingerprint density at radius 2 is 0.737 bits per heavy atom. The van der Waals surface area contributed by atoms with E-state index < -0.39 is 0 Å². The molecule has 0 spiro atoms. The van der Waals surface area contributed by atoms with Crippen LogP contribution in [0.25, 0.3) is 0 Å². The molecule has 0 heterocycles. The standard InChI is InChI=1S/C8H18O.2C4H10O/c1-2-3-4-5-6-7-8-9;2*1-2-3-4-5/h9H,2-8H2,1H3;2*5H,2-4H2,1H3. The Balaban J connectivity index is -0.000000219. The average molecular weight is 278 g/mol. The molecule has 0 atom stereocenters. The summed E-state index contributed by atoms with van der Waals surface area (Å²) in [6.45, 7) is 7.37. The van der Waals surface area contributed by atoms with Crippen molar-refractivity contribution in [1.29, 1.82) is 0 Å². The van der Waals surface area contributed by atoms with Crippen molar-refractivity contribution in [2.24, 2.45) is 0 Å². The molecular formula is C16H38O3. The molecule has 3 heteroatoms. The van der Waals surface area contributed by atoms with E-state index in [2.05, 4.69) is 20.8 Å². The Morgan fingerprint density at radius 3 is 1.00 bits per heavy atom. The minimum atomic E-state index is 0.344. The predicted octanol–water partition coefficient (Wildman–Crippen LogP) is 3.90. The molecule has 0 aliphatic carbocycles. The van der Waals surface area contributed by atoms with Gasteiger partial charge in [-0.1, -0.05) is 65.7 Å². The minimum Gasteiger partial charge on any atom is -0.396 e. The van der Waals surface area contributed by atoms with E-state index in [1.165, 1.54) is 32.1 Å². The van der Waals surface area contributed by atoms with E-state index in [1.807, 2.05) is 0 Å². The van der Waals surface area contributed by atoms with E-state index in [1.54, 1.807) is 0 Å². The highest BCUT2D eigenvalue weighted by Gasteiger charge is 1.86. The maximum atomic E-state index is 8.42. The lowest BCUT2D eigenvalue weighted by molar-refractivity contribution is 0.282. The first-order valence-electron chi connectivity index (χ1n) is 8.07. The van der Waals surface area contributed by atoms with Crippen LogP contribution in [0.5, 0.6) is 0 Å². The van der Waals surface area contributed by atoms with Crippen LogP contribution in [-0.4, -0.2) is 35.1 Å². The molecule has 0 rings (SSSR count). The van der Waals surface area contributed by atoms with Crippen LogP contribution in [0, 0.1) is 0 Å². The van der Waals surface area contributed by atoms with E-state index in [0.29, 0.717) is 19.8 Å². The lowest BCUT2D eigenvalue weighted by Crippen LogP contribution is -1.82. The molecule has 0 aromatic carbocycles. The third-order valence-corrected chi connectivity index (χ3v) is 2.54. The molecule has 0 aliphatic rings. The van der Waals surface area contributed by atoms with Crippen molar-refractivity contribution in [1.82, 2.24) is 0 Å². The maximum Gasteiger partial charge on any atom is 0.0431 e. The first-order chi connectivity index (χ1) is 9.24. The van der Waals surface area contributed by atoms with Crippen molar-refractivity contribution < 1.29 is 15.3 Å². The summed E-state index contributed by atoms with van der Waals surface area (Å²) in [6.07, 6.45) is 11.6. The predicted molar refractivity (Wildman–Crippen MR) is 84.4 cm³/mol. The lowest BCUT2D eigenvalue weighted by Gasteiger charge is -1.95. The topological polar surface area (TPSA) is 60.7 Å². The van der Waals surface area contributed by atoms with Gasteiger partial charge in [-0.3, -0.25) is 0 Å². The molecular weight excluding hydrogens is 240 g/mol. The molecule has 0 aliphatic heterocycles. The molecule has 3 nitrogen and oxygen atoms in total. The van der Waals surface area contributed by atoms with E-state index >= 15 is 0 Å². The molecule has 0 aromatic heterocycles. The van der Waals surface area contributed by atoms with Gasteiger partial charge in [-0.2, -0.15) is 0 Å². The summed E-state index contributed by atoms with van der Waals surface area (Å²) in [5.74, 6) is 0. The zero-order valence-corrected chi connectivity index (χ0v) is 13.5. The maximum absolute atomic E-state index is 8.42. The van der Waals surface area contributed by atoms with Gasteiger partial charge in [0.25, 0.3) is 0 Å². The van der Waals surface area contributed by atoms with Gasteiger partial charge in [0.2, 0.25) is 0 Å². The van der Waals surface area contributed by atoms with Crippen molar-refractivity contribution in [2.75, 3.05) is 19.8 Å². The van der Waals surface area contributed by atoms with Crippen molar-refractivity contribution in [3.63, 3.8) is 0 Å². The third kappa shape index (κ3) is 46.2. The van der Waals surface area contributed by atoms with Gasteiger partial charge in [-0.25, -0.2) is 0 Å². The van der Waals surface area contributed by atoms with Crippen LogP contribution < -0.4 is 0 Å². The summed E-state index contributed by atoms with van der Waals surface area (Å²) in [7, 11) is 0. The highest BCUT2D eigenvalue weighted by molar-refractivity contribution is 4.41. The first kappa shape index (κ1) is 23.9. The summed E-state index contributed by atoms with van der Waals surface area (Å²) >= 11 is 0. The Hall–Kier alpha value is -0.120. The monoisotopic (exact) mass is 278 g/mol. The van der Waals surface area contributed by atoms with Gasteiger partial charge >= 0.3 is 0 Å². The fourth-order valence-electron chi connectivity index (χ4n) is 1.21. The number of unbranched alkanes of at least 4 members (excludes halogenated alkanes) is 7. The second kappa shape index (κ2) is 30.7. The van der Waals surface area contributed by atoms with E-state index in [9.17, 15) is 0 Å². The van der Waals surface area contributed by atoms with Crippen molar-refractivity contribution in [3.05, 3.63) is 0 Å². The molecule has 0 amide bonds. The summed E-state index contributed by atoms with van der Waals surface area (Å²) in [4.78, 5) is 0. The van der Waals surface area contributed by atoms with Crippen molar-refractivity contribution in [2.45, 2.75) is 85.0 Å². The highest BCUT2D eigenvalue weighted by atomic mass is 16.3. The van der Waals surface area contributed by atoms with E-state index in [4.69, 9.17) is 15.3 Å². The second-order valence-corrected chi connectivity index (χ2v) is 4.65. The van der Waals surface area contributed by atoms with Gasteiger partial charge in [0.1, 0.15) is 0 Å². The summed E-state index contributed by atoms with van der Waals surface area (Å²) in [5, 5.41) is 24.6. The number of hydrogen-bond donors (Lipinski definition) is 3. The van der Waals surface area contributed by atoms with Crippen LogP contribution in [-0.2, 0) is 0 Å². The number of aliphatic hydroxyl groups excluding tert-OH is 3. The molecule has 120 valence electrons. The van der Waals surface area contributed by atoms with Crippen LogP contribution in [0.4, 0.5) is 0 Å². The normalized spacial score (nSPS) is 9.16. The Kier molecular flexibility index (Phi) is 38.7. The molecule has 0 fully saturated rings. The zero-order chi connectivity index (χ0) is 15.2. The fourth-order valence-corrected chi connectivity index (χ4v) is 1.21. The lowest BCUT2D eigenvalue weighted by atomic mass is 10.1. The average Bonchev–Trinajstić information content (AvgIpc) is 2.42. The van der Waals surface area contributed by atoms with Gasteiger partial charge in [0.05, 0.1) is 0 Å². The molecule has 0 bridgehead atoms. The van der Waals surface area contributed by atoms with Gasteiger partial charge in [0.15, 0.2) is 0 Å². The molecule has 0 saturated heterocycles. The summed E-state index contributed by atoms with van der Waals surface area (Å²) in [5.41, 5.74) is 0. The van der Waals surface area contributed by atoms with E-state index in [-0.39, 0.29) is 0 Å². The number of aliphatic hydroxyl groups is 3. The Morgan fingerprint density at radius 1 is 0.421 bits per heavy atom. The molecule has 19 heavy (non-hydrogen) atoms. The molecule has 0 saturated carbocycles. The largest absolute Gasteiger partial charge is 0.396 e. The molecule has 3 N–H and O–H groups in total. The SMILES string of the molecule is CCCCCCCCO.CCCCO.CCCCO. The van der Waals surface area contributed by atoms with Crippen LogP contribution in [0.3, 0.4) is 0 Å². The second-order valence-electron chi connectivity index (χ2n) is 4.65. The third-order valence-electron chi connectivity index (χ3n) is 2.54. The van der Waals surface area contributed by atoms with Gasteiger partial charge in [-0.15, -0.1) is 0 Å². The zero-order valence-electron chi connectivity index (χ0n) is 13.5. The van der Waals surface area contributed by atoms with Crippen molar-refractivity contribution >= 4 is 0 Å². The summed E-state index contributed by atoms with van der Waals surface area (Å²) in [6, 6.07) is 0. The molecule has 0 unspecified atom stereocenters. The fraction of sp³-hybridized carbons (Fsp3) is 1.00. The van der Waals surface area contributed by atoms with Crippen LogP contribution in [0.1, 0.15) is 85.0 Å². The summed E-state index contributed by atoms with van der Waals surface area (Å²) < 4.78 is 0. The van der Waals surface area contributed by atoms with Crippen molar-refractivity contribution in [3.8, 4) is 0 Å².